The summed E-state index contributed by atoms with van der Waals surface area (Å²) in [7, 11) is 0. The van der Waals surface area contributed by atoms with Gasteiger partial charge in [0.1, 0.15) is 0 Å². The van der Waals surface area contributed by atoms with Gasteiger partial charge in [-0.05, 0) is 74.0 Å². The molecule has 0 amide bonds. The molecule has 0 heterocycles. The predicted molar refractivity (Wildman–Crippen MR) is 113 cm³/mol. The molecule has 0 atom stereocenters. The van der Waals surface area contributed by atoms with Crippen LogP contribution in [0.15, 0.2) is 12.7 Å². The molecule has 3 rings (SSSR count). The van der Waals surface area contributed by atoms with Crippen LogP contribution in [0.5, 0.6) is 0 Å². The van der Waals surface area contributed by atoms with Gasteiger partial charge in [-0.2, -0.15) is 0 Å². The van der Waals surface area contributed by atoms with Crippen molar-refractivity contribution in [1.82, 2.24) is 0 Å². The summed E-state index contributed by atoms with van der Waals surface area (Å²) in [5.41, 5.74) is 0. The van der Waals surface area contributed by atoms with Gasteiger partial charge >= 0.3 is 0 Å². The average Bonchev–Trinajstić information content (AvgIpc) is 2.63. The number of allylic oxidation sites excluding steroid dienone is 1. The van der Waals surface area contributed by atoms with Gasteiger partial charge in [-0.25, -0.2) is 0 Å². The molecule has 0 saturated heterocycles. The van der Waals surface area contributed by atoms with Gasteiger partial charge in [0.15, 0.2) is 0 Å². The summed E-state index contributed by atoms with van der Waals surface area (Å²) in [5.74, 6) is 6.28. The molecule has 0 aliphatic heterocycles. The van der Waals surface area contributed by atoms with E-state index in [-0.39, 0.29) is 0 Å². The lowest BCUT2D eigenvalue weighted by molar-refractivity contribution is 0.155. The van der Waals surface area contributed by atoms with Crippen molar-refractivity contribution in [3.05, 3.63) is 12.7 Å². The lowest BCUT2D eigenvalue weighted by atomic mass is 9.70. The molecule has 0 aromatic carbocycles. The Morgan fingerprint density at radius 2 is 0.960 bits per heavy atom. The van der Waals surface area contributed by atoms with Crippen LogP contribution < -0.4 is 0 Å². The molecule has 0 radical (unpaired) electrons. The smallest absolute Gasteiger partial charge is 0.0351 e. The fourth-order valence-electron chi connectivity index (χ4n) is 5.49. The molecule has 0 spiro atoms. The molecule has 0 N–H and O–H groups in total. The molecule has 0 aromatic heterocycles. The summed E-state index contributed by atoms with van der Waals surface area (Å²) >= 11 is 0. The van der Waals surface area contributed by atoms with Crippen molar-refractivity contribution in [2.75, 3.05) is 0 Å². The number of hydrogen-bond acceptors (Lipinski definition) is 0. The highest BCUT2D eigenvalue weighted by molar-refractivity contribution is 4.80. The molecule has 146 valence electrons. The van der Waals surface area contributed by atoms with Crippen molar-refractivity contribution in [1.29, 1.82) is 0 Å². The minimum absolute atomic E-state index is 0.995. The Bertz CT molecular complexity index is 313. The molecule has 3 fully saturated rings. The predicted octanol–water partition coefficient (Wildman–Crippen LogP) is 8.42. The van der Waals surface area contributed by atoms with Crippen LogP contribution in [0.1, 0.15) is 111 Å². The largest absolute Gasteiger partial charge is 0.103 e. The summed E-state index contributed by atoms with van der Waals surface area (Å²) in [6.07, 6.45) is 22.7. The monoisotopic (exact) mass is 346 g/mol. The maximum atomic E-state index is 3.76. The Kier molecular flexibility index (Phi) is 9.64. The first kappa shape index (κ1) is 21.0. The lowest BCUT2D eigenvalue weighted by Crippen LogP contribution is -2.24. The fraction of sp³-hybridized carbons (Fsp3) is 0.920. The van der Waals surface area contributed by atoms with Crippen LogP contribution in [0, 0.1) is 35.5 Å². The molecular weight excluding hydrogens is 300 g/mol. The second kappa shape index (κ2) is 11.5. The van der Waals surface area contributed by atoms with E-state index in [1.54, 1.807) is 25.7 Å². The van der Waals surface area contributed by atoms with Crippen LogP contribution in [0.4, 0.5) is 0 Å². The van der Waals surface area contributed by atoms with E-state index < -0.39 is 0 Å². The summed E-state index contributed by atoms with van der Waals surface area (Å²) in [4.78, 5) is 0. The summed E-state index contributed by atoms with van der Waals surface area (Å²) in [6.45, 7) is 11.0. The molecule has 3 aliphatic carbocycles. The molecule has 0 heteroatoms. The minimum atomic E-state index is 0.995. The Labute approximate surface area is 159 Å². The van der Waals surface area contributed by atoms with E-state index in [1.165, 1.54) is 64.2 Å². The van der Waals surface area contributed by atoms with E-state index >= 15 is 0 Å². The lowest BCUT2D eigenvalue weighted by Gasteiger charge is -2.36. The Balaban J connectivity index is 0.000000186. The van der Waals surface area contributed by atoms with Gasteiger partial charge in [0, 0.05) is 0 Å². The quantitative estimate of drug-likeness (QED) is 0.448. The average molecular weight is 347 g/mol. The Morgan fingerprint density at radius 1 is 0.600 bits per heavy atom. The van der Waals surface area contributed by atoms with Gasteiger partial charge in [0.05, 0.1) is 0 Å². The highest BCUT2D eigenvalue weighted by atomic mass is 14.3. The van der Waals surface area contributed by atoms with Crippen molar-refractivity contribution in [3.63, 3.8) is 0 Å². The molecule has 0 unspecified atom stereocenters. The van der Waals surface area contributed by atoms with Gasteiger partial charge < -0.3 is 0 Å². The molecule has 25 heavy (non-hydrogen) atoms. The van der Waals surface area contributed by atoms with Crippen LogP contribution >= 0.6 is 0 Å². The Hall–Kier alpha value is -0.260. The third-order valence-corrected chi connectivity index (χ3v) is 7.70. The van der Waals surface area contributed by atoms with E-state index in [9.17, 15) is 0 Å². The zero-order chi connectivity index (χ0) is 18.1. The van der Waals surface area contributed by atoms with E-state index in [0.717, 1.165) is 35.5 Å². The van der Waals surface area contributed by atoms with Crippen LogP contribution in [0.25, 0.3) is 0 Å². The highest BCUT2D eigenvalue weighted by Gasteiger charge is 2.28. The number of rotatable bonds is 4. The van der Waals surface area contributed by atoms with Gasteiger partial charge in [0.25, 0.3) is 0 Å². The van der Waals surface area contributed by atoms with Crippen LogP contribution in [0.2, 0.25) is 0 Å². The van der Waals surface area contributed by atoms with Crippen molar-refractivity contribution >= 4 is 0 Å². The first-order valence-corrected chi connectivity index (χ1v) is 11.7. The van der Waals surface area contributed by atoms with Crippen molar-refractivity contribution in [2.45, 2.75) is 111 Å². The zero-order valence-electron chi connectivity index (χ0n) is 17.6. The normalized spacial score (nSPS) is 39.2. The van der Waals surface area contributed by atoms with Gasteiger partial charge in [-0.15, -0.1) is 6.58 Å². The molecule has 0 nitrogen and oxygen atoms in total. The van der Waals surface area contributed by atoms with E-state index in [4.69, 9.17) is 0 Å². The summed E-state index contributed by atoms with van der Waals surface area (Å²) in [6, 6.07) is 0. The molecular formula is C25H46. The second-order valence-corrected chi connectivity index (χ2v) is 10.0. The summed E-state index contributed by atoms with van der Waals surface area (Å²) < 4.78 is 0. The van der Waals surface area contributed by atoms with Crippen molar-refractivity contribution in [2.24, 2.45) is 35.5 Å². The third kappa shape index (κ3) is 7.88. The first-order valence-electron chi connectivity index (χ1n) is 11.7. The van der Waals surface area contributed by atoms with Gasteiger partial charge in [0.2, 0.25) is 0 Å². The molecule has 0 bridgehead atoms. The Morgan fingerprint density at radius 3 is 1.32 bits per heavy atom. The third-order valence-electron chi connectivity index (χ3n) is 7.70. The maximum absolute atomic E-state index is 3.76. The number of hydrogen-bond donors (Lipinski definition) is 0. The van der Waals surface area contributed by atoms with E-state index in [1.807, 2.05) is 0 Å². The van der Waals surface area contributed by atoms with E-state index in [0.29, 0.717) is 0 Å². The molecule has 3 saturated carbocycles. The van der Waals surface area contributed by atoms with Crippen molar-refractivity contribution in [3.8, 4) is 0 Å². The van der Waals surface area contributed by atoms with Gasteiger partial charge in [-0.1, -0.05) is 78.2 Å². The van der Waals surface area contributed by atoms with Crippen LogP contribution in [0.3, 0.4) is 0 Å². The second-order valence-electron chi connectivity index (χ2n) is 10.0. The topological polar surface area (TPSA) is 0 Å². The highest BCUT2D eigenvalue weighted by Crippen LogP contribution is 2.41. The zero-order valence-corrected chi connectivity index (χ0v) is 17.6. The van der Waals surface area contributed by atoms with Gasteiger partial charge in [-0.3, -0.25) is 0 Å². The SMILES string of the molecule is C=CCCC1CCC(C)CC1.CC1CCC(C2CCC(C)CC2)CC1. The molecule has 3 aliphatic rings. The standard InChI is InChI=1S/C14H26.C11H20/c1-11-3-7-13(8-4-11)14-9-5-12(2)6-10-14;1-3-4-5-11-8-6-10(2)7-9-11/h11-14H,3-10H2,1-2H3;3,10-11H,1,4-9H2,2H3. The fourth-order valence-corrected chi connectivity index (χ4v) is 5.49. The van der Waals surface area contributed by atoms with E-state index in [2.05, 4.69) is 33.4 Å². The molecule has 0 aromatic rings. The summed E-state index contributed by atoms with van der Waals surface area (Å²) in [5, 5.41) is 0. The minimum Gasteiger partial charge on any atom is -0.103 e. The van der Waals surface area contributed by atoms with Crippen LogP contribution in [-0.2, 0) is 0 Å². The van der Waals surface area contributed by atoms with Crippen molar-refractivity contribution < 1.29 is 0 Å². The maximum Gasteiger partial charge on any atom is -0.0351 e. The van der Waals surface area contributed by atoms with Crippen LogP contribution in [-0.4, -0.2) is 0 Å². The first-order chi connectivity index (χ1) is 12.1.